The zero-order valence-corrected chi connectivity index (χ0v) is 16.5. The molecule has 1 aromatic heterocycles. The van der Waals surface area contributed by atoms with Crippen LogP contribution in [0.15, 0.2) is 22.6 Å². The summed E-state index contributed by atoms with van der Waals surface area (Å²) in [5.41, 5.74) is -1.15. The number of rotatable bonds is 2. The predicted octanol–water partition coefficient (Wildman–Crippen LogP) is 3.07. The van der Waals surface area contributed by atoms with E-state index in [-0.39, 0.29) is 18.9 Å². The zero-order chi connectivity index (χ0) is 20.3. The molecule has 0 unspecified atom stereocenters. The molecule has 28 heavy (non-hydrogen) atoms. The van der Waals surface area contributed by atoms with Gasteiger partial charge in [0.15, 0.2) is 5.58 Å². The molecule has 2 aromatic rings. The van der Waals surface area contributed by atoms with Gasteiger partial charge in [0, 0.05) is 6.54 Å². The van der Waals surface area contributed by atoms with Crippen LogP contribution in [0.25, 0.3) is 11.1 Å². The minimum absolute atomic E-state index is 0.0838. The fourth-order valence-corrected chi connectivity index (χ4v) is 3.61. The van der Waals surface area contributed by atoms with Crippen LogP contribution in [0.4, 0.5) is 9.18 Å². The molecule has 7 nitrogen and oxygen atoms in total. The lowest BCUT2D eigenvalue weighted by Crippen LogP contribution is -2.46. The van der Waals surface area contributed by atoms with Gasteiger partial charge < -0.3 is 23.7 Å². The molecule has 1 amide bonds. The average molecular weight is 390 g/mol. The number of nitrogens with zero attached hydrogens (tertiary/aromatic N) is 2. The smallest absolute Gasteiger partial charge is 0.465 e. The van der Waals surface area contributed by atoms with Gasteiger partial charge in [-0.15, -0.1) is 0 Å². The van der Waals surface area contributed by atoms with Crippen molar-refractivity contribution in [3.63, 3.8) is 0 Å². The molecule has 0 aliphatic carbocycles. The molecule has 2 aliphatic rings. The van der Waals surface area contributed by atoms with Gasteiger partial charge >= 0.3 is 13.2 Å². The Labute approximate surface area is 162 Å². The van der Waals surface area contributed by atoms with Crippen molar-refractivity contribution in [2.24, 2.45) is 0 Å². The second kappa shape index (κ2) is 6.19. The van der Waals surface area contributed by atoms with Crippen LogP contribution in [-0.2, 0) is 15.0 Å². The van der Waals surface area contributed by atoms with Crippen molar-refractivity contribution in [1.29, 1.82) is 0 Å². The Morgan fingerprint density at radius 2 is 1.93 bits per heavy atom. The second-order valence-electron chi connectivity index (χ2n) is 8.61. The molecular weight excluding hydrogens is 366 g/mol. The number of fused-ring (bicyclic) bond motifs is 1. The molecule has 0 radical (unpaired) electrons. The Morgan fingerprint density at radius 3 is 2.57 bits per heavy atom. The van der Waals surface area contributed by atoms with Gasteiger partial charge in [-0.1, -0.05) is 6.07 Å². The van der Waals surface area contributed by atoms with Gasteiger partial charge in [-0.25, -0.2) is 14.2 Å². The SMILES string of the molecule is CC1(C)OB(c2ccc3oc([C@@]4(F)CCCN(C(=O)O)C4)nc3c2)OC1(C)C. The third-order valence-corrected chi connectivity index (χ3v) is 6.03. The zero-order valence-electron chi connectivity index (χ0n) is 16.5. The topological polar surface area (TPSA) is 85.0 Å². The first-order chi connectivity index (χ1) is 13.0. The van der Waals surface area contributed by atoms with E-state index < -0.39 is 30.1 Å². The van der Waals surface area contributed by atoms with Crippen molar-refractivity contribution in [3.05, 3.63) is 24.1 Å². The van der Waals surface area contributed by atoms with Gasteiger partial charge in [0.2, 0.25) is 11.6 Å². The summed E-state index contributed by atoms with van der Waals surface area (Å²) in [5.74, 6) is -0.0838. The predicted molar refractivity (Wildman–Crippen MR) is 101 cm³/mol. The van der Waals surface area contributed by atoms with Gasteiger partial charge in [-0.05, 0) is 58.1 Å². The number of hydrogen-bond acceptors (Lipinski definition) is 5. The van der Waals surface area contributed by atoms with E-state index in [9.17, 15) is 9.90 Å². The Bertz CT molecular complexity index is 914. The highest BCUT2D eigenvalue weighted by Gasteiger charge is 2.52. The molecular formula is C19H24BFN2O5. The Kier molecular flexibility index (Phi) is 4.24. The van der Waals surface area contributed by atoms with E-state index in [2.05, 4.69) is 4.98 Å². The summed E-state index contributed by atoms with van der Waals surface area (Å²) in [7, 11) is -0.550. The first-order valence-corrected chi connectivity index (χ1v) is 9.44. The molecule has 150 valence electrons. The fraction of sp³-hybridized carbons (Fsp3) is 0.579. The molecule has 1 atom stereocenters. The molecule has 4 rings (SSSR count). The minimum atomic E-state index is -1.93. The molecule has 1 aromatic carbocycles. The van der Waals surface area contributed by atoms with E-state index in [1.807, 2.05) is 33.8 Å². The van der Waals surface area contributed by atoms with Crippen LogP contribution in [0, 0.1) is 0 Å². The number of oxazole rings is 1. The molecule has 2 aliphatic heterocycles. The third kappa shape index (κ3) is 3.06. The van der Waals surface area contributed by atoms with Gasteiger partial charge in [-0.3, -0.25) is 0 Å². The van der Waals surface area contributed by atoms with Crippen molar-refractivity contribution in [1.82, 2.24) is 9.88 Å². The number of benzene rings is 1. The summed E-state index contributed by atoms with van der Waals surface area (Å²) < 4.78 is 33.2. The molecule has 0 bridgehead atoms. The van der Waals surface area contributed by atoms with Crippen molar-refractivity contribution in [3.8, 4) is 0 Å². The highest BCUT2D eigenvalue weighted by Crippen LogP contribution is 2.38. The maximum absolute atomic E-state index is 15.4. The fourth-order valence-electron chi connectivity index (χ4n) is 3.61. The van der Waals surface area contributed by atoms with E-state index in [0.29, 0.717) is 24.1 Å². The number of halogens is 1. The summed E-state index contributed by atoms with van der Waals surface area (Å²) in [6, 6.07) is 5.30. The van der Waals surface area contributed by atoms with Gasteiger partial charge in [0.1, 0.15) is 5.52 Å². The van der Waals surface area contributed by atoms with E-state index in [4.69, 9.17) is 13.7 Å². The number of carbonyl (C=O) groups is 1. The van der Waals surface area contributed by atoms with E-state index in [1.54, 1.807) is 12.1 Å². The minimum Gasteiger partial charge on any atom is -0.465 e. The highest BCUT2D eigenvalue weighted by atomic mass is 19.1. The Hall–Kier alpha value is -2.13. The molecule has 3 heterocycles. The number of hydrogen-bond donors (Lipinski definition) is 1. The molecule has 1 N–H and O–H groups in total. The molecule has 2 saturated heterocycles. The number of piperidine rings is 1. The average Bonchev–Trinajstić information content (AvgIpc) is 3.13. The van der Waals surface area contributed by atoms with Crippen LogP contribution in [0.1, 0.15) is 46.4 Å². The van der Waals surface area contributed by atoms with E-state index >= 15 is 4.39 Å². The lowest BCUT2D eigenvalue weighted by molar-refractivity contribution is 0.00578. The lowest BCUT2D eigenvalue weighted by atomic mass is 9.79. The van der Waals surface area contributed by atoms with E-state index in [1.165, 1.54) is 0 Å². The normalized spacial score (nSPS) is 26.8. The largest absolute Gasteiger partial charge is 0.494 e. The number of carboxylic acid groups (broad SMARTS) is 1. The van der Waals surface area contributed by atoms with Crippen molar-refractivity contribution in [2.75, 3.05) is 13.1 Å². The molecule has 2 fully saturated rings. The quantitative estimate of drug-likeness (QED) is 0.794. The van der Waals surface area contributed by atoms with Gasteiger partial charge in [0.05, 0.1) is 17.7 Å². The number of likely N-dealkylation sites (tertiary alicyclic amines) is 1. The summed E-state index contributed by atoms with van der Waals surface area (Å²) in [5, 5.41) is 9.18. The third-order valence-electron chi connectivity index (χ3n) is 6.03. The van der Waals surface area contributed by atoms with Gasteiger partial charge in [-0.2, -0.15) is 0 Å². The van der Waals surface area contributed by atoms with Gasteiger partial charge in [0.25, 0.3) is 0 Å². The summed E-state index contributed by atoms with van der Waals surface area (Å²) in [6.45, 7) is 7.94. The summed E-state index contributed by atoms with van der Waals surface area (Å²) in [6.07, 6.45) is -0.546. The maximum atomic E-state index is 15.4. The molecule has 9 heteroatoms. The van der Waals surface area contributed by atoms with Crippen LogP contribution in [0.3, 0.4) is 0 Å². The Morgan fingerprint density at radius 1 is 1.25 bits per heavy atom. The number of aromatic nitrogens is 1. The maximum Gasteiger partial charge on any atom is 0.494 e. The second-order valence-corrected chi connectivity index (χ2v) is 8.61. The lowest BCUT2D eigenvalue weighted by Gasteiger charge is -2.33. The molecule has 0 saturated carbocycles. The monoisotopic (exact) mass is 390 g/mol. The van der Waals surface area contributed by atoms with Crippen molar-refractivity contribution >= 4 is 29.8 Å². The van der Waals surface area contributed by atoms with Crippen LogP contribution in [0.5, 0.6) is 0 Å². The van der Waals surface area contributed by atoms with Crippen LogP contribution >= 0.6 is 0 Å². The molecule has 0 spiro atoms. The van der Waals surface area contributed by atoms with E-state index in [0.717, 1.165) is 10.4 Å². The van der Waals surface area contributed by atoms with Crippen LogP contribution in [-0.4, -0.2) is 52.5 Å². The van der Waals surface area contributed by atoms with Crippen LogP contribution in [0.2, 0.25) is 0 Å². The number of amides is 1. The summed E-state index contributed by atoms with van der Waals surface area (Å²) >= 11 is 0. The Balaban J connectivity index is 1.63. The first-order valence-electron chi connectivity index (χ1n) is 9.44. The van der Waals surface area contributed by atoms with Crippen molar-refractivity contribution < 1.29 is 28.0 Å². The summed E-state index contributed by atoms with van der Waals surface area (Å²) in [4.78, 5) is 16.6. The highest BCUT2D eigenvalue weighted by molar-refractivity contribution is 6.62. The first kappa shape index (κ1) is 19.2. The standard InChI is InChI=1S/C19H24BFN2O5/c1-17(2)18(3,4)28-20(27-17)12-6-7-14-13(10-12)22-15(26-14)19(21)8-5-9-23(11-19)16(24)25/h6-7,10H,5,8-9,11H2,1-4H3,(H,24,25)/t19-/m1/s1. The number of alkyl halides is 1. The van der Waals surface area contributed by atoms with Crippen LogP contribution < -0.4 is 5.46 Å². The van der Waals surface area contributed by atoms with Crippen molar-refractivity contribution in [2.45, 2.75) is 57.4 Å².